The summed E-state index contributed by atoms with van der Waals surface area (Å²) >= 11 is 0. The minimum Gasteiger partial charge on any atom is -0.384 e. The Hall–Kier alpha value is -1.06. The van der Waals surface area contributed by atoms with Crippen molar-refractivity contribution in [2.45, 2.75) is 25.4 Å². The highest BCUT2D eigenvalue weighted by molar-refractivity contribution is 5.56. The van der Waals surface area contributed by atoms with Gasteiger partial charge in [0.2, 0.25) is 0 Å². The molecule has 92 valence electrons. The Labute approximate surface area is 103 Å². The van der Waals surface area contributed by atoms with Gasteiger partial charge in [0.15, 0.2) is 0 Å². The summed E-state index contributed by atoms with van der Waals surface area (Å²) in [5.41, 5.74) is 4.19. The highest BCUT2D eigenvalue weighted by Gasteiger charge is 2.20. The van der Waals surface area contributed by atoms with Gasteiger partial charge in [-0.15, -0.1) is 0 Å². The lowest BCUT2D eigenvalue weighted by Gasteiger charge is -2.23. The normalized spacial score (nSPS) is 22.8. The van der Waals surface area contributed by atoms with Gasteiger partial charge in [-0.25, -0.2) is 0 Å². The molecule has 17 heavy (non-hydrogen) atoms. The highest BCUT2D eigenvalue weighted by Crippen LogP contribution is 2.24. The molecule has 0 radical (unpaired) electrons. The molecule has 0 amide bonds. The monoisotopic (exact) mass is 232 g/mol. The van der Waals surface area contributed by atoms with Crippen molar-refractivity contribution in [2.24, 2.45) is 0 Å². The van der Waals surface area contributed by atoms with Gasteiger partial charge in [-0.3, -0.25) is 4.90 Å². The van der Waals surface area contributed by atoms with E-state index < -0.39 is 0 Å². The Balaban J connectivity index is 1.68. The summed E-state index contributed by atoms with van der Waals surface area (Å²) in [6.45, 7) is 3.91. The molecule has 1 saturated heterocycles. The number of nitrogens with zero attached hydrogens (tertiary/aromatic N) is 1. The molecule has 1 atom stereocenters. The summed E-state index contributed by atoms with van der Waals surface area (Å²) in [6.07, 6.45) is 2.33. The molecule has 2 heterocycles. The Kier molecular flexibility index (Phi) is 3.04. The van der Waals surface area contributed by atoms with Gasteiger partial charge >= 0.3 is 0 Å². The smallest absolute Gasteiger partial charge is 0.0622 e. The van der Waals surface area contributed by atoms with E-state index in [4.69, 9.17) is 4.74 Å². The van der Waals surface area contributed by atoms with Crippen LogP contribution in [0.4, 0.5) is 5.69 Å². The molecule has 2 aliphatic rings. The van der Waals surface area contributed by atoms with E-state index in [0.29, 0.717) is 6.04 Å². The second kappa shape index (κ2) is 4.67. The third kappa shape index (κ3) is 2.31. The van der Waals surface area contributed by atoms with E-state index in [1.165, 1.54) is 29.7 Å². The van der Waals surface area contributed by atoms with Crippen molar-refractivity contribution in [2.75, 3.05) is 32.1 Å². The summed E-state index contributed by atoms with van der Waals surface area (Å²) in [6, 6.07) is 7.42. The van der Waals surface area contributed by atoms with Crippen molar-refractivity contribution < 1.29 is 4.74 Å². The number of fused-ring (bicyclic) bond motifs is 1. The predicted octanol–water partition coefficient (Wildman–Crippen LogP) is 1.88. The summed E-state index contributed by atoms with van der Waals surface area (Å²) in [5, 5.41) is 3.44. The Bertz CT molecular complexity index is 399. The molecule has 0 bridgehead atoms. The van der Waals surface area contributed by atoms with E-state index in [1.807, 2.05) is 0 Å². The van der Waals surface area contributed by atoms with Crippen LogP contribution < -0.4 is 5.32 Å². The van der Waals surface area contributed by atoms with Gasteiger partial charge in [0.1, 0.15) is 0 Å². The molecule has 1 aromatic carbocycles. The van der Waals surface area contributed by atoms with Crippen molar-refractivity contribution in [1.29, 1.82) is 0 Å². The van der Waals surface area contributed by atoms with Gasteiger partial charge < -0.3 is 10.1 Å². The molecule has 1 aromatic rings. The largest absolute Gasteiger partial charge is 0.384 e. The van der Waals surface area contributed by atoms with Crippen LogP contribution in [0.25, 0.3) is 0 Å². The fraction of sp³-hybridized carbons (Fsp3) is 0.571. The van der Waals surface area contributed by atoms with E-state index in [-0.39, 0.29) is 0 Å². The molecule has 1 fully saturated rings. The molecule has 0 aliphatic carbocycles. The zero-order valence-corrected chi connectivity index (χ0v) is 10.4. The summed E-state index contributed by atoms with van der Waals surface area (Å²) in [7, 11) is 2.19. The van der Waals surface area contributed by atoms with Crippen LogP contribution in [-0.4, -0.2) is 37.7 Å². The summed E-state index contributed by atoms with van der Waals surface area (Å²) in [5.74, 6) is 0. The average molecular weight is 232 g/mol. The average Bonchev–Trinajstić information content (AvgIpc) is 2.99. The summed E-state index contributed by atoms with van der Waals surface area (Å²) < 4.78 is 5.44. The lowest BCUT2D eigenvalue weighted by atomic mass is 10.1. The Morgan fingerprint density at radius 1 is 1.47 bits per heavy atom. The van der Waals surface area contributed by atoms with Crippen molar-refractivity contribution in [3.63, 3.8) is 0 Å². The van der Waals surface area contributed by atoms with E-state index in [0.717, 1.165) is 26.3 Å². The second-order valence-corrected chi connectivity index (χ2v) is 5.10. The fourth-order valence-electron chi connectivity index (χ4n) is 2.72. The number of hydrogen-bond acceptors (Lipinski definition) is 3. The first-order chi connectivity index (χ1) is 8.33. The van der Waals surface area contributed by atoms with Gasteiger partial charge in [-0.05, 0) is 37.1 Å². The third-order valence-electron chi connectivity index (χ3n) is 3.85. The highest BCUT2D eigenvalue weighted by atomic mass is 16.5. The van der Waals surface area contributed by atoms with E-state index in [2.05, 4.69) is 35.5 Å². The maximum absolute atomic E-state index is 5.44. The van der Waals surface area contributed by atoms with Crippen LogP contribution >= 0.6 is 0 Å². The predicted molar refractivity (Wildman–Crippen MR) is 69.3 cm³/mol. The van der Waals surface area contributed by atoms with Gasteiger partial charge in [-0.1, -0.05) is 12.1 Å². The first kappa shape index (κ1) is 11.1. The number of nitrogens with one attached hydrogen (secondary N) is 1. The number of rotatable bonds is 3. The minimum atomic E-state index is 0.594. The topological polar surface area (TPSA) is 24.5 Å². The second-order valence-electron chi connectivity index (χ2n) is 5.10. The molecule has 3 nitrogen and oxygen atoms in total. The van der Waals surface area contributed by atoms with Crippen LogP contribution in [0.15, 0.2) is 18.2 Å². The van der Waals surface area contributed by atoms with Crippen molar-refractivity contribution in [1.82, 2.24) is 4.90 Å². The lowest BCUT2D eigenvalue weighted by molar-refractivity contribution is 0.156. The lowest BCUT2D eigenvalue weighted by Crippen LogP contribution is -2.31. The van der Waals surface area contributed by atoms with Crippen molar-refractivity contribution >= 4 is 5.69 Å². The Morgan fingerprint density at radius 2 is 2.41 bits per heavy atom. The number of likely N-dealkylation sites (N-methyl/N-ethyl adjacent to an activating group) is 1. The van der Waals surface area contributed by atoms with Gasteiger partial charge in [0.05, 0.1) is 6.61 Å². The van der Waals surface area contributed by atoms with E-state index in [9.17, 15) is 0 Å². The minimum absolute atomic E-state index is 0.594. The van der Waals surface area contributed by atoms with Crippen molar-refractivity contribution in [3.8, 4) is 0 Å². The number of anilines is 1. The summed E-state index contributed by atoms with van der Waals surface area (Å²) in [4.78, 5) is 2.41. The van der Waals surface area contributed by atoms with Crippen LogP contribution in [0.1, 0.15) is 17.5 Å². The van der Waals surface area contributed by atoms with Crippen LogP contribution in [0.3, 0.4) is 0 Å². The maximum Gasteiger partial charge on any atom is 0.0622 e. The van der Waals surface area contributed by atoms with E-state index in [1.54, 1.807) is 0 Å². The standard InChI is InChI=1S/C14H20N2O/c1-16(13-5-7-17-10-13)9-11-2-3-12-4-6-15-14(12)8-11/h2-3,8,13,15H,4-7,9-10H2,1H3. The van der Waals surface area contributed by atoms with E-state index >= 15 is 0 Å². The zero-order valence-electron chi connectivity index (χ0n) is 10.4. The molecule has 3 heteroatoms. The molecule has 0 saturated carbocycles. The van der Waals surface area contributed by atoms with Crippen LogP contribution in [0, 0.1) is 0 Å². The van der Waals surface area contributed by atoms with Gasteiger partial charge in [0, 0.05) is 31.4 Å². The molecule has 2 aliphatic heterocycles. The molecular formula is C14H20N2O. The quantitative estimate of drug-likeness (QED) is 0.861. The SMILES string of the molecule is CN(Cc1ccc2c(c1)NCC2)C1CCOC1. The molecule has 1 unspecified atom stereocenters. The zero-order chi connectivity index (χ0) is 11.7. The Morgan fingerprint density at radius 3 is 3.24 bits per heavy atom. The first-order valence-electron chi connectivity index (χ1n) is 6.46. The third-order valence-corrected chi connectivity index (χ3v) is 3.85. The van der Waals surface area contributed by atoms with Gasteiger partial charge in [-0.2, -0.15) is 0 Å². The van der Waals surface area contributed by atoms with Crippen LogP contribution in [0.2, 0.25) is 0 Å². The van der Waals surface area contributed by atoms with Crippen LogP contribution in [-0.2, 0) is 17.7 Å². The molecule has 0 aromatic heterocycles. The molecule has 3 rings (SSSR count). The van der Waals surface area contributed by atoms with Crippen molar-refractivity contribution in [3.05, 3.63) is 29.3 Å². The fourth-order valence-corrected chi connectivity index (χ4v) is 2.72. The number of hydrogen-bond donors (Lipinski definition) is 1. The van der Waals surface area contributed by atoms with Gasteiger partial charge in [0.25, 0.3) is 0 Å². The molecular weight excluding hydrogens is 212 g/mol. The molecule has 0 spiro atoms. The number of benzene rings is 1. The maximum atomic E-state index is 5.44. The number of ether oxygens (including phenoxy) is 1. The first-order valence-corrected chi connectivity index (χ1v) is 6.46. The van der Waals surface area contributed by atoms with Crippen LogP contribution in [0.5, 0.6) is 0 Å². The molecule has 1 N–H and O–H groups in total.